The van der Waals surface area contributed by atoms with Gasteiger partial charge in [-0.1, -0.05) is 30.3 Å². The minimum atomic E-state index is -0.222. The molecule has 1 aromatic carbocycles. The van der Waals surface area contributed by atoms with Crippen molar-refractivity contribution in [3.05, 3.63) is 72.2 Å². The topological polar surface area (TPSA) is 79.4 Å². The number of carbonyl (C=O) groups excluding carboxylic acids is 1. The molecule has 29 heavy (non-hydrogen) atoms. The van der Waals surface area contributed by atoms with Crippen molar-refractivity contribution in [3.63, 3.8) is 0 Å². The van der Waals surface area contributed by atoms with Gasteiger partial charge in [0.25, 0.3) is 5.91 Å². The summed E-state index contributed by atoms with van der Waals surface area (Å²) in [5.74, 6) is 0.360. The van der Waals surface area contributed by atoms with E-state index in [0.717, 1.165) is 32.7 Å². The van der Waals surface area contributed by atoms with Crippen LogP contribution in [0.3, 0.4) is 0 Å². The lowest BCUT2D eigenvalue weighted by Gasteiger charge is -2.34. The number of nitrogens with one attached hydrogen (secondary N) is 1. The molecule has 0 atom stereocenters. The van der Waals surface area contributed by atoms with Crippen molar-refractivity contribution in [1.82, 2.24) is 29.9 Å². The number of carbonyl (C=O) groups is 1. The van der Waals surface area contributed by atoms with Gasteiger partial charge in [0.2, 0.25) is 5.89 Å². The van der Waals surface area contributed by atoms with Crippen LogP contribution in [0.1, 0.15) is 21.9 Å². The molecule has 1 saturated heterocycles. The second kappa shape index (κ2) is 9.49. The standard InChI is InChI=1S/C21H26N6O2/c28-21(22-8-10-27-9-4-7-23-27)19-17-29-20(24-19)16-26-13-11-25(12-14-26)15-18-5-2-1-3-6-18/h1-7,9,17H,8,10-16H2,(H,22,28). The number of benzene rings is 1. The fourth-order valence-corrected chi connectivity index (χ4v) is 3.43. The first-order chi connectivity index (χ1) is 14.3. The molecule has 2 aromatic heterocycles. The molecule has 0 spiro atoms. The van der Waals surface area contributed by atoms with Crippen molar-refractivity contribution in [3.8, 4) is 0 Å². The number of rotatable bonds is 8. The summed E-state index contributed by atoms with van der Waals surface area (Å²) in [6, 6.07) is 12.4. The molecule has 8 nitrogen and oxygen atoms in total. The van der Waals surface area contributed by atoms with Gasteiger partial charge < -0.3 is 9.73 Å². The van der Waals surface area contributed by atoms with Crippen LogP contribution >= 0.6 is 0 Å². The van der Waals surface area contributed by atoms with Gasteiger partial charge in [-0.25, -0.2) is 4.98 Å². The Morgan fingerprint density at radius 1 is 1.03 bits per heavy atom. The van der Waals surface area contributed by atoms with E-state index in [2.05, 4.69) is 49.5 Å². The van der Waals surface area contributed by atoms with E-state index >= 15 is 0 Å². The fourth-order valence-electron chi connectivity index (χ4n) is 3.43. The monoisotopic (exact) mass is 394 g/mol. The zero-order valence-corrected chi connectivity index (χ0v) is 16.4. The minimum Gasteiger partial charge on any atom is -0.447 e. The van der Waals surface area contributed by atoms with Crippen LogP contribution in [0.15, 0.2) is 59.5 Å². The van der Waals surface area contributed by atoms with Gasteiger partial charge in [0.15, 0.2) is 5.69 Å². The van der Waals surface area contributed by atoms with Crippen molar-refractivity contribution in [2.45, 2.75) is 19.6 Å². The van der Waals surface area contributed by atoms with E-state index in [4.69, 9.17) is 4.42 Å². The fraction of sp³-hybridized carbons (Fsp3) is 0.381. The zero-order valence-electron chi connectivity index (χ0n) is 16.4. The van der Waals surface area contributed by atoms with Crippen LogP contribution in [0.5, 0.6) is 0 Å². The SMILES string of the molecule is O=C(NCCn1cccn1)c1coc(CN2CCN(Cc3ccccc3)CC2)n1. The third kappa shape index (κ3) is 5.52. The summed E-state index contributed by atoms with van der Waals surface area (Å²) < 4.78 is 7.29. The highest BCUT2D eigenvalue weighted by atomic mass is 16.3. The summed E-state index contributed by atoms with van der Waals surface area (Å²) in [5, 5.41) is 6.95. The molecular weight excluding hydrogens is 368 g/mol. The molecule has 3 aromatic rings. The predicted molar refractivity (Wildman–Crippen MR) is 108 cm³/mol. The summed E-state index contributed by atoms with van der Waals surface area (Å²) in [7, 11) is 0. The van der Waals surface area contributed by atoms with Crippen molar-refractivity contribution >= 4 is 5.91 Å². The van der Waals surface area contributed by atoms with Gasteiger partial charge >= 0.3 is 0 Å². The second-order valence-corrected chi connectivity index (χ2v) is 7.19. The van der Waals surface area contributed by atoms with E-state index in [9.17, 15) is 4.79 Å². The Balaban J connectivity index is 1.20. The van der Waals surface area contributed by atoms with E-state index in [-0.39, 0.29) is 5.91 Å². The molecule has 1 N–H and O–H groups in total. The Labute approximate surface area is 170 Å². The normalized spacial score (nSPS) is 15.4. The van der Waals surface area contributed by atoms with Crippen LogP contribution in [-0.4, -0.2) is 63.2 Å². The summed E-state index contributed by atoms with van der Waals surface area (Å²) in [4.78, 5) is 21.3. The molecule has 0 aliphatic carbocycles. The number of nitrogens with zero attached hydrogens (tertiary/aromatic N) is 5. The molecular formula is C21H26N6O2. The molecule has 1 fully saturated rings. The van der Waals surface area contributed by atoms with E-state index in [1.807, 2.05) is 18.3 Å². The van der Waals surface area contributed by atoms with Crippen LogP contribution in [0.25, 0.3) is 0 Å². The van der Waals surface area contributed by atoms with E-state index in [1.165, 1.54) is 11.8 Å². The zero-order chi connectivity index (χ0) is 19.9. The molecule has 0 radical (unpaired) electrons. The Bertz CT molecular complexity index is 885. The molecule has 0 bridgehead atoms. The minimum absolute atomic E-state index is 0.222. The van der Waals surface area contributed by atoms with Crippen LogP contribution in [0, 0.1) is 0 Å². The van der Waals surface area contributed by atoms with Gasteiger partial charge in [0.05, 0.1) is 13.1 Å². The number of aromatic nitrogens is 3. The summed E-state index contributed by atoms with van der Waals surface area (Å²) in [6.07, 6.45) is 5.01. The highest BCUT2D eigenvalue weighted by Crippen LogP contribution is 2.11. The number of hydrogen-bond acceptors (Lipinski definition) is 6. The van der Waals surface area contributed by atoms with E-state index < -0.39 is 0 Å². The first-order valence-electron chi connectivity index (χ1n) is 9.95. The maximum atomic E-state index is 12.2. The molecule has 0 saturated carbocycles. The Kier molecular flexibility index (Phi) is 6.33. The lowest BCUT2D eigenvalue weighted by molar-refractivity contribution is 0.0946. The lowest BCUT2D eigenvalue weighted by atomic mass is 10.2. The van der Waals surface area contributed by atoms with Gasteiger partial charge in [-0.15, -0.1) is 0 Å². The first-order valence-corrected chi connectivity index (χ1v) is 9.95. The number of oxazole rings is 1. The molecule has 4 rings (SSSR count). The second-order valence-electron chi connectivity index (χ2n) is 7.19. The van der Waals surface area contributed by atoms with Crippen molar-refractivity contribution in [2.75, 3.05) is 32.7 Å². The number of amides is 1. The van der Waals surface area contributed by atoms with Gasteiger partial charge in [0, 0.05) is 51.7 Å². The predicted octanol–water partition coefficient (Wildman–Crippen LogP) is 1.62. The largest absolute Gasteiger partial charge is 0.447 e. The van der Waals surface area contributed by atoms with Crippen molar-refractivity contribution in [1.29, 1.82) is 0 Å². The van der Waals surface area contributed by atoms with Crippen LogP contribution < -0.4 is 5.32 Å². The van der Waals surface area contributed by atoms with Gasteiger partial charge in [-0.2, -0.15) is 5.10 Å². The molecule has 1 amide bonds. The molecule has 3 heterocycles. The van der Waals surface area contributed by atoms with E-state index in [1.54, 1.807) is 10.9 Å². The van der Waals surface area contributed by atoms with Crippen molar-refractivity contribution < 1.29 is 9.21 Å². The first kappa shape index (κ1) is 19.4. The van der Waals surface area contributed by atoms with Crippen LogP contribution in [0.4, 0.5) is 0 Å². The van der Waals surface area contributed by atoms with Gasteiger partial charge in [-0.3, -0.25) is 19.3 Å². The number of piperazine rings is 1. The smallest absolute Gasteiger partial charge is 0.273 e. The molecule has 0 unspecified atom stereocenters. The average molecular weight is 394 g/mol. The van der Waals surface area contributed by atoms with Gasteiger partial charge in [0.1, 0.15) is 6.26 Å². The summed E-state index contributed by atoms with van der Waals surface area (Å²) >= 11 is 0. The molecule has 8 heteroatoms. The van der Waals surface area contributed by atoms with Crippen molar-refractivity contribution in [2.24, 2.45) is 0 Å². The third-order valence-electron chi connectivity index (χ3n) is 5.04. The number of hydrogen-bond donors (Lipinski definition) is 1. The Morgan fingerprint density at radius 3 is 2.52 bits per heavy atom. The van der Waals surface area contributed by atoms with E-state index in [0.29, 0.717) is 31.2 Å². The quantitative estimate of drug-likeness (QED) is 0.625. The summed E-state index contributed by atoms with van der Waals surface area (Å²) in [5.41, 5.74) is 1.67. The maximum absolute atomic E-state index is 12.2. The Morgan fingerprint density at radius 2 is 1.79 bits per heavy atom. The third-order valence-corrected chi connectivity index (χ3v) is 5.04. The lowest BCUT2D eigenvalue weighted by Crippen LogP contribution is -2.45. The molecule has 152 valence electrons. The molecule has 1 aliphatic heterocycles. The van der Waals surface area contributed by atoms with Crippen LogP contribution in [0.2, 0.25) is 0 Å². The van der Waals surface area contributed by atoms with Gasteiger partial charge in [-0.05, 0) is 11.6 Å². The maximum Gasteiger partial charge on any atom is 0.273 e. The average Bonchev–Trinajstić information content (AvgIpc) is 3.42. The Hall–Kier alpha value is -2.97. The highest BCUT2D eigenvalue weighted by Gasteiger charge is 2.20. The van der Waals surface area contributed by atoms with Crippen LogP contribution in [-0.2, 0) is 19.6 Å². The highest BCUT2D eigenvalue weighted by molar-refractivity contribution is 5.91. The molecule has 1 aliphatic rings. The summed E-state index contributed by atoms with van der Waals surface area (Å²) in [6.45, 7) is 6.66.